The maximum absolute atomic E-state index is 5.43. The number of aromatic nitrogens is 2. The summed E-state index contributed by atoms with van der Waals surface area (Å²) < 4.78 is 6.16. The summed E-state index contributed by atoms with van der Waals surface area (Å²) in [5.74, 6) is 0. The summed E-state index contributed by atoms with van der Waals surface area (Å²) in [4.78, 5) is 0. The number of ether oxygens (including phenoxy) is 1. The smallest absolute Gasteiger partial charge is 0.295 e. The molecule has 0 spiro atoms. The number of rotatable bonds is 3. The molecule has 2 aromatic rings. The minimum absolute atomic E-state index is 0.530. The van der Waals surface area contributed by atoms with Crippen molar-refractivity contribution in [1.82, 2.24) is 10.2 Å². The largest absolute Gasteiger partial charge is 0.464 e. The molecule has 0 fully saturated rings. The van der Waals surface area contributed by atoms with E-state index >= 15 is 0 Å². The zero-order chi connectivity index (χ0) is 9.80. The molecule has 0 aliphatic carbocycles. The molecule has 72 valence electrons. The highest BCUT2D eigenvalue weighted by atomic mass is 79.9. The Kier molecular flexibility index (Phi) is 3.10. The average Bonchev–Trinajstić information content (AvgIpc) is 2.63. The van der Waals surface area contributed by atoms with Crippen molar-refractivity contribution in [2.45, 2.75) is 6.61 Å². The Hall–Kier alpha value is -0.940. The van der Waals surface area contributed by atoms with Gasteiger partial charge in [0.15, 0.2) is 3.92 Å². The highest BCUT2D eigenvalue weighted by molar-refractivity contribution is 9.11. The lowest BCUT2D eigenvalue weighted by atomic mass is 10.2. The minimum atomic E-state index is 0.530. The van der Waals surface area contributed by atoms with Crippen LogP contribution < -0.4 is 4.74 Å². The zero-order valence-corrected chi connectivity index (χ0v) is 9.59. The average molecular weight is 271 g/mol. The second-order valence-electron chi connectivity index (χ2n) is 2.60. The minimum Gasteiger partial charge on any atom is -0.464 e. The van der Waals surface area contributed by atoms with E-state index in [4.69, 9.17) is 4.74 Å². The molecule has 0 unspecified atom stereocenters. The zero-order valence-electron chi connectivity index (χ0n) is 7.18. The van der Waals surface area contributed by atoms with Crippen LogP contribution in [-0.4, -0.2) is 10.2 Å². The van der Waals surface area contributed by atoms with Gasteiger partial charge in [0, 0.05) is 0 Å². The van der Waals surface area contributed by atoms with Crippen molar-refractivity contribution >= 4 is 27.3 Å². The first-order valence-electron chi connectivity index (χ1n) is 4.00. The van der Waals surface area contributed by atoms with Crippen molar-refractivity contribution in [3.8, 4) is 5.19 Å². The van der Waals surface area contributed by atoms with Crippen LogP contribution >= 0.6 is 27.3 Å². The van der Waals surface area contributed by atoms with Crippen LogP contribution in [0.3, 0.4) is 0 Å². The first-order valence-corrected chi connectivity index (χ1v) is 5.61. The lowest BCUT2D eigenvalue weighted by molar-refractivity contribution is 0.302. The number of hydrogen-bond acceptors (Lipinski definition) is 4. The second-order valence-corrected chi connectivity index (χ2v) is 4.81. The molecule has 3 nitrogen and oxygen atoms in total. The molecule has 0 radical (unpaired) electrons. The molecule has 0 N–H and O–H groups in total. The highest BCUT2D eigenvalue weighted by Gasteiger charge is 2.01. The molecular formula is C9H7BrN2OS. The predicted molar refractivity (Wildman–Crippen MR) is 58.4 cm³/mol. The lowest BCUT2D eigenvalue weighted by Crippen LogP contribution is -1.94. The van der Waals surface area contributed by atoms with E-state index in [0.717, 1.165) is 9.48 Å². The van der Waals surface area contributed by atoms with Gasteiger partial charge in [-0.05, 0) is 32.8 Å². The molecule has 0 saturated carbocycles. The molecule has 0 atom stereocenters. The second kappa shape index (κ2) is 4.52. The maximum atomic E-state index is 5.43. The highest BCUT2D eigenvalue weighted by Crippen LogP contribution is 2.22. The molecule has 0 amide bonds. The molecule has 0 aliphatic heterocycles. The van der Waals surface area contributed by atoms with Crippen molar-refractivity contribution in [3.05, 3.63) is 39.8 Å². The Morgan fingerprint density at radius 3 is 2.64 bits per heavy atom. The third kappa shape index (κ3) is 2.52. The Labute approximate surface area is 93.9 Å². The molecular weight excluding hydrogens is 264 g/mol. The number of nitrogens with zero attached hydrogens (tertiary/aromatic N) is 2. The molecule has 0 aliphatic rings. The summed E-state index contributed by atoms with van der Waals surface area (Å²) in [5, 5.41) is 8.20. The van der Waals surface area contributed by atoms with E-state index in [1.807, 2.05) is 30.3 Å². The Morgan fingerprint density at radius 1 is 1.21 bits per heavy atom. The lowest BCUT2D eigenvalue weighted by Gasteiger charge is -2.00. The molecule has 1 aromatic heterocycles. The van der Waals surface area contributed by atoms with E-state index in [2.05, 4.69) is 26.1 Å². The van der Waals surface area contributed by atoms with Crippen LogP contribution in [0.25, 0.3) is 0 Å². The number of hydrogen-bond donors (Lipinski definition) is 0. The van der Waals surface area contributed by atoms with Gasteiger partial charge < -0.3 is 4.74 Å². The van der Waals surface area contributed by atoms with Gasteiger partial charge in [0.1, 0.15) is 6.61 Å². The monoisotopic (exact) mass is 270 g/mol. The molecule has 5 heteroatoms. The van der Waals surface area contributed by atoms with E-state index in [1.165, 1.54) is 11.3 Å². The van der Waals surface area contributed by atoms with Crippen LogP contribution in [0.4, 0.5) is 0 Å². The van der Waals surface area contributed by atoms with Gasteiger partial charge in [0.25, 0.3) is 5.19 Å². The topological polar surface area (TPSA) is 35.0 Å². The molecule has 1 aromatic carbocycles. The van der Waals surface area contributed by atoms with E-state index in [0.29, 0.717) is 11.8 Å². The Bertz CT molecular complexity index is 404. The van der Waals surface area contributed by atoms with E-state index < -0.39 is 0 Å². The molecule has 0 saturated heterocycles. The summed E-state index contributed by atoms with van der Waals surface area (Å²) in [6.07, 6.45) is 0. The summed E-state index contributed by atoms with van der Waals surface area (Å²) in [7, 11) is 0. The van der Waals surface area contributed by atoms with Crippen molar-refractivity contribution < 1.29 is 4.74 Å². The van der Waals surface area contributed by atoms with Gasteiger partial charge in [-0.25, -0.2) is 0 Å². The fraction of sp³-hybridized carbons (Fsp3) is 0.111. The van der Waals surface area contributed by atoms with Crippen molar-refractivity contribution in [2.24, 2.45) is 0 Å². The van der Waals surface area contributed by atoms with Gasteiger partial charge in [-0.15, -0.1) is 5.10 Å². The summed E-state index contributed by atoms with van der Waals surface area (Å²) in [6.45, 7) is 0.530. The van der Waals surface area contributed by atoms with E-state index in [-0.39, 0.29) is 0 Å². The molecule has 2 rings (SSSR count). The van der Waals surface area contributed by atoms with Crippen molar-refractivity contribution in [3.63, 3.8) is 0 Å². The first kappa shape index (κ1) is 9.61. The third-order valence-electron chi connectivity index (χ3n) is 1.59. The predicted octanol–water partition coefficient (Wildman–Crippen LogP) is 2.88. The quantitative estimate of drug-likeness (QED) is 0.861. The van der Waals surface area contributed by atoms with Crippen LogP contribution in [0.5, 0.6) is 5.19 Å². The fourth-order valence-electron chi connectivity index (χ4n) is 0.971. The van der Waals surface area contributed by atoms with E-state index in [1.54, 1.807) is 0 Å². The van der Waals surface area contributed by atoms with Crippen molar-refractivity contribution in [2.75, 3.05) is 0 Å². The van der Waals surface area contributed by atoms with Crippen LogP contribution in [0.2, 0.25) is 0 Å². The van der Waals surface area contributed by atoms with Gasteiger partial charge in [-0.2, -0.15) is 0 Å². The maximum Gasteiger partial charge on any atom is 0.295 e. The summed E-state index contributed by atoms with van der Waals surface area (Å²) in [5.41, 5.74) is 1.12. The van der Waals surface area contributed by atoms with Crippen LogP contribution in [-0.2, 0) is 6.61 Å². The van der Waals surface area contributed by atoms with Gasteiger partial charge in [0.05, 0.1) is 0 Å². The Morgan fingerprint density at radius 2 is 2.00 bits per heavy atom. The van der Waals surface area contributed by atoms with Gasteiger partial charge in [0.2, 0.25) is 0 Å². The van der Waals surface area contributed by atoms with Gasteiger partial charge in [-0.3, -0.25) is 0 Å². The third-order valence-corrected chi connectivity index (χ3v) is 2.86. The normalized spacial score (nSPS) is 10.1. The van der Waals surface area contributed by atoms with Gasteiger partial charge in [-0.1, -0.05) is 35.4 Å². The Balaban J connectivity index is 1.95. The SMILES string of the molecule is Brc1nnc(OCc2ccccc2)s1. The number of halogens is 1. The summed E-state index contributed by atoms with van der Waals surface area (Å²) >= 11 is 4.60. The molecule has 14 heavy (non-hydrogen) atoms. The van der Waals surface area contributed by atoms with Crippen LogP contribution in [0.15, 0.2) is 34.2 Å². The standard InChI is InChI=1S/C9H7BrN2OS/c10-8-11-12-9(14-8)13-6-7-4-2-1-3-5-7/h1-5H,6H2. The van der Waals surface area contributed by atoms with Gasteiger partial charge >= 0.3 is 0 Å². The summed E-state index contributed by atoms with van der Waals surface area (Å²) in [6, 6.07) is 9.96. The van der Waals surface area contributed by atoms with Crippen molar-refractivity contribution in [1.29, 1.82) is 0 Å². The molecule has 1 heterocycles. The fourth-order valence-corrected chi connectivity index (χ4v) is 1.89. The molecule has 0 bridgehead atoms. The van der Waals surface area contributed by atoms with Crippen LogP contribution in [0.1, 0.15) is 5.56 Å². The van der Waals surface area contributed by atoms with Crippen LogP contribution in [0, 0.1) is 0 Å². The number of benzene rings is 1. The first-order chi connectivity index (χ1) is 6.84. The van der Waals surface area contributed by atoms with E-state index in [9.17, 15) is 0 Å².